The number of ketones is 1. The average Bonchev–Trinajstić information content (AvgIpc) is 2.82. The van der Waals surface area contributed by atoms with Crippen LogP contribution in [-0.2, 0) is 14.3 Å². The number of hydrogen-bond donors (Lipinski definition) is 1. The van der Waals surface area contributed by atoms with Gasteiger partial charge in [-0.15, -0.1) is 0 Å². The van der Waals surface area contributed by atoms with Gasteiger partial charge in [-0.25, -0.2) is 18.4 Å². The van der Waals surface area contributed by atoms with Gasteiger partial charge < -0.3 is 19.3 Å². The Morgan fingerprint density at radius 2 is 1.73 bits per heavy atom. The Balaban J connectivity index is 1.47. The van der Waals surface area contributed by atoms with Crippen LogP contribution in [0.15, 0.2) is 48.5 Å². The number of benzene rings is 2. The normalized spacial score (nSPS) is 23.7. The van der Waals surface area contributed by atoms with Gasteiger partial charge in [0.25, 0.3) is 0 Å². The lowest BCUT2D eigenvalue weighted by molar-refractivity contribution is -0.938. The fourth-order valence-electron chi connectivity index (χ4n) is 5.25. The van der Waals surface area contributed by atoms with Crippen molar-refractivity contribution in [3.63, 3.8) is 0 Å². The van der Waals surface area contributed by atoms with E-state index in [4.69, 9.17) is 9.47 Å². The van der Waals surface area contributed by atoms with Crippen LogP contribution >= 0.6 is 0 Å². The zero-order chi connectivity index (χ0) is 26.8. The van der Waals surface area contributed by atoms with Crippen LogP contribution < -0.4 is 5.32 Å². The van der Waals surface area contributed by atoms with E-state index < -0.39 is 47.2 Å². The summed E-state index contributed by atoms with van der Waals surface area (Å²) in [7, 11) is 0. The molecule has 1 amide bonds. The lowest BCUT2D eigenvalue weighted by atomic mass is 9.82. The second-order valence-electron chi connectivity index (χ2n) is 11.0. The van der Waals surface area contributed by atoms with E-state index in [1.54, 1.807) is 45.0 Å². The van der Waals surface area contributed by atoms with Gasteiger partial charge in [-0.2, -0.15) is 0 Å². The highest BCUT2D eigenvalue weighted by Gasteiger charge is 2.49. The lowest BCUT2D eigenvalue weighted by Crippen LogP contribution is -2.66. The highest BCUT2D eigenvalue weighted by atomic mass is 19.1. The summed E-state index contributed by atoms with van der Waals surface area (Å²) in [4.78, 5) is 38.8. The number of carbonyl (C=O) groups excluding carboxylic acids is 3. The van der Waals surface area contributed by atoms with Crippen molar-refractivity contribution in [2.24, 2.45) is 5.92 Å². The number of nitrogens with zero attached hydrogens (tertiary/aromatic N) is 1. The summed E-state index contributed by atoms with van der Waals surface area (Å²) in [5.74, 6) is -2.49. The van der Waals surface area contributed by atoms with E-state index in [0.29, 0.717) is 35.7 Å². The van der Waals surface area contributed by atoms with Crippen LogP contribution in [0.4, 0.5) is 13.6 Å². The maximum absolute atomic E-state index is 14.2. The molecule has 9 heteroatoms. The topological polar surface area (TPSA) is 81.7 Å². The monoisotopic (exact) mass is 515 g/mol. The molecule has 1 N–H and O–H groups in total. The van der Waals surface area contributed by atoms with Gasteiger partial charge in [0.05, 0.1) is 18.7 Å². The molecule has 3 aliphatic rings. The Morgan fingerprint density at radius 1 is 1.05 bits per heavy atom. The van der Waals surface area contributed by atoms with Crippen LogP contribution in [0.1, 0.15) is 55.6 Å². The first-order valence-electron chi connectivity index (χ1n) is 12.5. The molecule has 198 valence electrons. The average molecular weight is 516 g/mol. The summed E-state index contributed by atoms with van der Waals surface area (Å²) in [6.45, 7) is 7.09. The zero-order valence-corrected chi connectivity index (χ0v) is 21.3. The Hall–Kier alpha value is -3.33. The van der Waals surface area contributed by atoms with E-state index >= 15 is 0 Å². The number of esters is 1. The van der Waals surface area contributed by atoms with Crippen molar-refractivity contribution in [1.29, 1.82) is 0 Å². The van der Waals surface area contributed by atoms with Gasteiger partial charge in [0.2, 0.25) is 5.78 Å². The minimum Gasteiger partial charge on any atom is -0.454 e. The second kappa shape index (κ2) is 10.6. The van der Waals surface area contributed by atoms with Crippen LogP contribution in [0.2, 0.25) is 0 Å². The lowest BCUT2D eigenvalue weighted by Gasteiger charge is -2.51. The number of amides is 1. The highest BCUT2D eigenvalue weighted by molar-refractivity contribution is 5.97. The third-order valence-corrected chi connectivity index (χ3v) is 7.05. The molecule has 2 unspecified atom stereocenters. The summed E-state index contributed by atoms with van der Waals surface area (Å²) in [5.41, 5.74) is -0.315. The molecule has 5 rings (SSSR count). The number of nitrogens with one attached hydrogen (secondary N) is 1. The van der Waals surface area contributed by atoms with Crippen LogP contribution in [0.3, 0.4) is 0 Å². The number of fused-ring (bicyclic) bond motifs is 3. The third-order valence-electron chi connectivity index (χ3n) is 7.05. The number of ether oxygens (including phenoxy) is 2. The van der Waals surface area contributed by atoms with E-state index in [0.717, 1.165) is 18.9 Å². The smallest absolute Gasteiger partial charge is 0.408 e. The van der Waals surface area contributed by atoms with Crippen molar-refractivity contribution in [3.8, 4) is 0 Å². The largest absolute Gasteiger partial charge is 0.454 e. The molecule has 2 aromatic rings. The summed E-state index contributed by atoms with van der Waals surface area (Å²) in [6, 6.07) is 10.7. The van der Waals surface area contributed by atoms with Gasteiger partial charge in [-0.05, 0) is 38.5 Å². The Bertz CT molecular complexity index is 1160. The fourth-order valence-corrected chi connectivity index (χ4v) is 5.25. The van der Waals surface area contributed by atoms with Gasteiger partial charge in [0, 0.05) is 24.8 Å². The number of piperidine rings is 3. The molecular weight excluding hydrogens is 482 g/mol. The zero-order valence-electron chi connectivity index (χ0n) is 21.3. The van der Waals surface area contributed by atoms with E-state index in [2.05, 4.69) is 5.32 Å². The number of quaternary nitrogens is 1. The van der Waals surface area contributed by atoms with E-state index in [1.807, 2.05) is 6.07 Å². The van der Waals surface area contributed by atoms with Gasteiger partial charge >= 0.3 is 12.1 Å². The fraction of sp³-hybridized carbons (Fsp3) is 0.464. The molecule has 2 bridgehead atoms. The standard InChI is InChI=1S/C28H32F2N2O5/c1-28(2,3)37-27(35)31-25(19-7-5-4-6-8-19)26(34)36-24-17-32(13-11-18(24)12-14-32)16-23(33)21-10-9-20(29)15-22(21)30/h4-10,15,18,24-25H,11-14,16-17H2,1-3H3/p+1. The number of Topliss-reactive ketones (excluding diaryl/α,β-unsaturated/α-hetero) is 1. The second-order valence-corrected chi connectivity index (χ2v) is 11.0. The molecule has 0 radical (unpaired) electrons. The van der Waals surface area contributed by atoms with Gasteiger partial charge in [0.1, 0.15) is 30.3 Å². The van der Waals surface area contributed by atoms with E-state index in [1.165, 1.54) is 6.07 Å². The van der Waals surface area contributed by atoms with Crippen molar-refractivity contribution >= 4 is 17.8 Å². The molecule has 2 aromatic carbocycles. The van der Waals surface area contributed by atoms with Gasteiger partial charge in [-0.1, -0.05) is 30.3 Å². The molecule has 3 saturated heterocycles. The number of alkyl carbamates (subject to hydrolysis) is 1. The predicted octanol–water partition coefficient (Wildman–Crippen LogP) is 4.57. The van der Waals surface area contributed by atoms with Crippen molar-refractivity contribution in [1.82, 2.24) is 5.32 Å². The SMILES string of the molecule is CC(C)(C)OC(=O)NC(C(=O)OC1C[N+]2(CC(=O)c3ccc(F)cc3F)CCC1CC2)c1ccccc1. The first-order chi connectivity index (χ1) is 17.4. The molecule has 37 heavy (non-hydrogen) atoms. The van der Waals surface area contributed by atoms with Crippen LogP contribution in [-0.4, -0.2) is 60.2 Å². The maximum Gasteiger partial charge on any atom is 0.408 e. The van der Waals surface area contributed by atoms with Crippen LogP contribution in [0.5, 0.6) is 0 Å². The number of carbonyl (C=O) groups is 3. The van der Waals surface area contributed by atoms with Crippen LogP contribution in [0, 0.1) is 17.6 Å². The summed E-state index contributed by atoms with van der Waals surface area (Å²) in [6.07, 6.45) is 0.328. The molecule has 0 saturated carbocycles. The first kappa shape index (κ1) is 26.7. The molecular formula is C28H33F2N2O5+. The third kappa shape index (κ3) is 6.52. The minimum absolute atomic E-state index is 0.0432. The Kier molecular flexibility index (Phi) is 7.64. The predicted molar refractivity (Wildman–Crippen MR) is 132 cm³/mol. The molecule has 7 nitrogen and oxygen atoms in total. The molecule has 0 aromatic heterocycles. The van der Waals surface area contributed by atoms with Crippen molar-refractivity contribution in [2.75, 3.05) is 26.2 Å². The van der Waals surface area contributed by atoms with Crippen molar-refractivity contribution < 1.29 is 37.1 Å². The molecule has 3 aliphatic heterocycles. The minimum atomic E-state index is -1.06. The number of hydrogen-bond acceptors (Lipinski definition) is 5. The van der Waals surface area contributed by atoms with E-state index in [-0.39, 0.29) is 18.0 Å². The number of rotatable bonds is 7. The quantitative estimate of drug-likeness (QED) is 0.332. The van der Waals surface area contributed by atoms with Crippen molar-refractivity contribution in [3.05, 3.63) is 71.3 Å². The summed E-state index contributed by atoms with van der Waals surface area (Å²) >= 11 is 0. The number of halogens is 2. The first-order valence-corrected chi connectivity index (χ1v) is 12.5. The highest BCUT2D eigenvalue weighted by Crippen LogP contribution is 2.36. The summed E-state index contributed by atoms with van der Waals surface area (Å²) in [5, 5.41) is 2.63. The van der Waals surface area contributed by atoms with Crippen molar-refractivity contribution in [2.45, 2.75) is 51.4 Å². The molecule has 3 fully saturated rings. The molecule has 3 heterocycles. The Morgan fingerprint density at radius 3 is 2.35 bits per heavy atom. The maximum atomic E-state index is 14.2. The molecule has 0 aliphatic carbocycles. The molecule has 0 spiro atoms. The van der Waals surface area contributed by atoms with Crippen LogP contribution in [0.25, 0.3) is 0 Å². The molecule has 2 atom stereocenters. The van der Waals surface area contributed by atoms with Gasteiger partial charge in [0.15, 0.2) is 12.1 Å². The van der Waals surface area contributed by atoms with Gasteiger partial charge in [-0.3, -0.25) is 4.79 Å². The van der Waals surface area contributed by atoms with E-state index in [9.17, 15) is 23.2 Å². The summed E-state index contributed by atoms with van der Waals surface area (Å²) < 4.78 is 39.2. The Labute approximate surface area is 215 Å².